The van der Waals surface area contributed by atoms with Crippen LogP contribution in [0.25, 0.3) is 0 Å². The zero-order valence-corrected chi connectivity index (χ0v) is 11.7. The SMILES string of the molecule is COc1ccc(C(C)C=O)cc1OCc1ccccc1. The van der Waals surface area contributed by atoms with Crippen molar-refractivity contribution in [2.75, 3.05) is 7.11 Å². The third-order valence-electron chi connectivity index (χ3n) is 3.15. The van der Waals surface area contributed by atoms with Crippen molar-refractivity contribution in [2.24, 2.45) is 0 Å². The van der Waals surface area contributed by atoms with Crippen molar-refractivity contribution in [3.8, 4) is 11.5 Å². The molecule has 3 heteroatoms. The second kappa shape index (κ2) is 6.75. The Morgan fingerprint density at radius 1 is 1.10 bits per heavy atom. The highest BCUT2D eigenvalue weighted by Gasteiger charge is 2.10. The van der Waals surface area contributed by atoms with Gasteiger partial charge in [-0.15, -0.1) is 0 Å². The van der Waals surface area contributed by atoms with Crippen molar-refractivity contribution < 1.29 is 14.3 Å². The van der Waals surface area contributed by atoms with E-state index >= 15 is 0 Å². The Bertz CT molecular complexity index is 564. The molecule has 1 atom stereocenters. The van der Waals surface area contributed by atoms with E-state index in [2.05, 4.69) is 0 Å². The molecule has 1 unspecified atom stereocenters. The van der Waals surface area contributed by atoms with Gasteiger partial charge in [0, 0.05) is 5.92 Å². The highest BCUT2D eigenvalue weighted by Crippen LogP contribution is 2.31. The predicted molar refractivity (Wildman–Crippen MR) is 78.2 cm³/mol. The van der Waals surface area contributed by atoms with Crippen molar-refractivity contribution in [3.63, 3.8) is 0 Å². The maximum atomic E-state index is 10.9. The molecule has 0 radical (unpaired) electrons. The minimum Gasteiger partial charge on any atom is -0.493 e. The lowest BCUT2D eigenvalue weighted by Gasteiger charge is -2.13. The van der Waals surface area contributed by atoms with Gasteiger partial charge in [0.15, 0.2) is 11.5 Å². The van der Waals surface area contributed by atoms with Crippen LogP contribution >= 0.6 is 0 Å². The number of benzene rings is 2. The van der Waals surface area contributed by atoms with Gasteiger partial charge >= 0.3 is 0 Å². The van der Waals surface area contributed by atoms with E-state index in [1.54, 1.807) is 7.11 Å². The van der Waals surface area contributed by atoms with E-state index in [9.17, 15) is 4.79 Å². The smallest absolute Gasteiger partial charge is 0.161 e. The fourth-order valence-corrected chi connectivity index (χ4v) is 1.90. The molecule has 0 fully saturated rings. The van der Waals surface area contributed by atoms with Crippen molar-refractivity contribution in [3.05, 3.63) is 59.7 Å². The highest BCUT2D eigenvalue weighted by molar-refractivity contribution is 5.62. The summed E-state index contributed by atoms with van der Waals surface area (Å²) in [4.78, 5) is 10.9. The van der Waals surface area contributed by atoms with Crippen LogP contribution in [-0.4, -0.2) is 13.4 Å². The summed E-state index contributed by atoms with van der Waals surface area (Å²) in [6, 6.07) is 15.5. The van der Waals surface area contributed by atoms with Crippen LogP contribution in [0, 0.1) is 0 Å². The van der Waals surface area contributed by atoms with Gasteiger partial charge in [-0.1, -0.05) is 43.3 Å². The molecule has 2 rings (SSSR count). The number of hydrogen-bond acceptors (Lipinski definition) is 3. The van der Waals surface area contributed by atoms with E-state index in [0.29, 0.717) is 18.1 Å². The molecule has 2 aromatic rings. The average molecular weight is 270 g/mol. The zero-order valence-electron chi connectivity index (χ0n) is 11.7. The highest BCUT2D eigenvalue weighted by atomic mass is 16.5. The molecule has 0 amide bonds. The lowest BCUT2D eigenvalue weighted by atomic mass is 10.0. The molecule has 20 heavy (non-hydrogen) atoms. The number of carbonyl (C=O) groups excluding carboxylic acids is 1. The fraction of sp³-hybridized carbons (Fsp3) is 0.235. The first-order chi connectivity index (χ1) is 9.74. The average Bonchev–Trinajstić information content (AvgIpc) is 2.52. The maximum Gasteiger partial charge on any atom is 0.161 e. The third-order valence-corrected chi connectivity index (χ3v) is 3.15. The van der Waals surface area contributed by atoms with Gasteiger partial charge in [0.2, 0.25) is 0 Å². The summed E-state index contributed by atoms with van der Waals surface area (Å²) in [6.45, 7) is 2.33. The number of carbonyl (C=O) groups is 1. The van der Waals surface area contributed by atoms with Crippen LogP contribution in [-0.2, 0) is 11.4 Å². The van der Waals surface area contributed by atoms with E-state index < -0.39 is 0 Å². The first-order valence-electron chi connectivity index (χ1n) is 6.54. The van der Waals surface area contributed by atoms with Crippen molar-refractivity contribution in [1.82, 2.24) is 0 Å². The van der Waals surface area contributed by atoms with Crippen LogP contribution in [0.5, 0.6) is 11.5 Å². The van der Waals surface area contributed by atoms with E-state index in [0.717, 1.165) is 17.4 Å². The molecule has 2 aromatic carbocycles. The van der Waals surface area contributed by atoms with E-state index in [1.807, 2.05) is 55.5 Å². The topological polar surface area (TPSA) is 35.5 Å². The summed E-state index contributed by atoms with van der Waals surface area (Å²) < 4.78 is 11.1. The van der Waals surface area contributed by atoms with E-state index in [-0.39, 0.29) is 5.92 Å². The quantitative estimate of drug-likeness (QED) is 0.753. The summed E-state index contributed by atoms with van der Waals surface area (Å²) in [5, 5.41) is 0. The molecule has 0 aromatic heterocycles. The van der Waals surface area contributed by atoms with Crippen LogP contribution in [0.3, 0.4) is 0 Å². The van der Waals surface area contributed by atoms with Crippen LogP contribution in [0.4, 0.5) is 0 Å². The minimum atomic E-state index is -0.153. The Labute approximate surface area is 119 Å². The molecule has 0 aliphatic heterocycles. The van der Waals surface area contributed by atoms with Crippen molar-refractivity contribution >= 4 is 6.29 Å². The van der Waals surface area contributed by atoms with Gasteiger partial charge in [-0.3, -0.25) is 0 Å². The summed E-state index contributed by atoms with van der Waals surface area (Å²) in [5.41, 5.74) is 2.01. The minimum absolute atomic E-state index is 0.153. The maximum absolute atomic E-state index is 10.9. The fourth-order valence-electron chi connectivity index (χ4n) is 1.90. The lowest BCUT2D eigenvalue weighted by Crippen LogP contribution is -2.00. The first-order valence-corrected chi connectivity index (χ1v) is 6.54. The summed E-state index contributed by atoms with van der Waals surface area (Å²) >= 11 is 0. The molecular weight excluding hydrogens is 252 g/mol. The second-order valence-corrected chi connectivity index (χ2v) is 4.61. The Kier molecular flexibility index (Phi) is 4.77. The van der Waals surface area contributed by atoms with Crippen LogP contribution in [0.1, 0.15) is 24.0 Å². The number of ether oxygens (including phenoxy) is 2. The van der Waals surface area contributed by atoms with Gasteiger partial charge in [-0.2, -0.15) is 0 Å². The Hall–Kier alpha value is -2.29. The first kappa shape index (κ1) is 14.1. The van der Waals surface area contributed by atoms with Crippen LogP contribution < -0.4 is 9.47 Å². The molecule has 0 saturated carbocycles. The van der Waals surface area contributed by atoms with Gasteiger partial charge in [0.1, 0.15) is 12.9 Å². The zero-order chi connectivity index (χ0) is 14.4. The summed E-state index contributed by atoms with van der Waals surface area (Å²) in [6.07, 6.45) is 0.919. The number of aldehydes is 1. The molecule has 0 aliphatic rings. The largest absolute Gasteiger partial charge is 0.493 e. The molecule has 3 nitrogen and oxygen atoms in total. The standard InChI is InChI=1S/C17H18O3/c1-13(11-18)15-8-9-16(19-2)17(10-15)20-12-14-6-4-3-5-7-14/h3-11,13H,12H2,1-2H3. The van der Waals surface area contributed by atoms with Gasteiger partial charge in [0.25, 0.3) is 0 Å². The molecule has 0 spiro atoms. The number of rotatable bonds is 6. The predicted octanol–water partition coefficient (Wildman–Crippen LogP) is 3.58. The van der Waals surface area contributed by atoms with Crippen molar-refractivity contribution in [1.29, 1.82) is 0 Å². The number of hydrogen-bond donors (Lipinski definition) is 0. The molecule has 0 aliphatic carbocycles. The Morgan fingerprint density at radius 2 is 1.85 bits per heavy atom. The van der Waals surface area contributed by atoms with E-state index in [1.165, 1.54) is 0 Å². The summed E-state index contributed by atoms with van der Waals surface area (Å²) in [7, 11) is 1.60. The monoisotopic (exact) mass is 270 g/mol. The molecular formula is C17H18O3. The van der Waals surface area contributed by atoms with Crippen molar-refractivity contribution in [2.45, 2.75) is 19.4 Å². The second-order valence-electron chi connectivity index (χ2n) is 4.61. The van der Waals surface area contributed by atoms with Gasteiger partial charge < -0.3 is 14.3 Å². The third kappa shape index (κ3) is 3.38. The van der Waals surface area contributed by atoms with Gasteiger partial charge in [-0.05, 0) is 23.3 Å². The van der Waals surface area contributed by atoms with Crippen LogP contribution in [0.2, 0.25) is 0 Å². The molecule has 0 bridgehead atoms. The van der Waals surface area contributed by atoms with Gasteiger partial charge in [0.05, 0.1) is 7.11 Å². The Morgan fingerprint density at radius 3 is 2.50 bits per heavy atom. The normalized spacial score (nSPS) is 11.7. The number of methoxy groups -OCH3 is 1. The van der Waals surface area contributed by atoms with Gasteiger partial charge in [-0.25, -0.2) is 0 Å². The summed E-state index contributed by atoms with van der Waals surface area (Å²) in [5.74, 6) is 1.17. The molecule has 0 saturated heterocycles. The Balaban J connectivity index is 2.18. The van der Waals surface area contributed by atoms with E-state index in [4.69, 9.17) is 9.47 Å². The van der Waals surface area contributed by atoms with Crippen LogP contribution in [0.15, 0.2) is 48.5 Å². The lowest BCUT2D eigenvalue weighted by molar-refractivity contribution is -0.108. The molecule has 0 N–H and O–H groups in total. The molecule has 104 valence electrons. The molecule has 0 heterocycles.